The van der Waals surface area contributed by atoms with Gasteiger partial charge in [0.2, 0.25) is 15.9 Å². The summed E-state index contributed by atoms with van der Waals surface area (Å²) in [6.07, 6.45) is -1.48. The Bertz CT molecular complexity index is 1150. The number of aliphatic hydroxyl groups is 1. The Morgan fingerprint density at radius 1 is 1.00 bits per heavy atom. The number of aliphatic hydroxyl groups excluding tert-OH is 1. The quantitative estimate of drug-likeness (QED) is 0.664. The van der Waals surface area contributed by atoms with E-state index in [1.54, 1.807) is 43.3 Å². The molecule has 0 aliphatic carbocycles. The Morgan fingerprint density at radius 2 is 1.57 bits per heavy atom. The second-order valence-corrected chi connectivity index (χ2v) is 8.55. The molecule has 0 fully saturated rings. The van der Waals surface area contributed by atoms with Gasteiger partial charge in [-0.05, 0) is 40.6 Å². The van der Waals surface area contributed by atoms with Gasteiger partial charge in [-0.2, -0.15) is 4.31 Å². The lowest BCUT2D eigenvalue weighted by atomic mass is 9.93. The van der Waals surface area contributed by atoms with E-state index in [1.165, 1.54) is 0 Å². The summed E-state index contributed by atoms with van der Waals surface area (Å²) in [5.41, 5.74) is 0.892. The van der Waals surface area contributed by atoms with Crippen molar-refractivity contribution < 1.29 is 18.3 Å². The summed E-state index contributed by atoms with van der Waals surface area (Å²) < 4.78 is 27.1. The van der Waals surface area contributed by atoms with Gasteiger partial charge in [0.05, 0.1) is 4.90 Å². The second-order valence-electron chi connectivity index (χ2n) is 6.69. The smallest absolute Gasteiger partial charge is 0.245 e. The molecule has 0 aromatic heterocycles. The summed E-state index contributed by atoms with van der Waals surface area (Å²) >= 11 is 0. The molecule has 1 aliphatic heterocycles. The van der Waals surface area contributed by atoms with Gasteiger partial charge in [-0.3, -0.25) is 4.79 Å². The fraction of sp³-hybridized carbons (Fsp3) is 0.261. The molecule has 158 valence electrons. The van der Waals surface area contributed by atoms with Crippen LogP contribution >= 0.6 is 0 Å². The lowest BCUT2D eigenvalue weighted by molar-refractivity contribution is -0.122. The van der Waals surface area contributed by atoms with Crippen LogP contribution in [0.15, 0.2) is 71.6 Å². The topological polar surface area (TPSA) is 86.7 Å². The number of amides is 1. The van der Waals surface area contributed by atoms with Gasteiger partial charge in [0.1, 0.15) is 12.1 Å². The number of hydrogen-bond acceptors (Lipinski definition) is 4. The average Bonchev–Trinajstić information content (AvgIpc) is 2.75. The lowest BCUT2D eigenvalue weighted by Crippen LogP contribution is -2.50. The molecule has 6 nitrogen and oxygen atoms in total. The van der Waals surface area contributed by atoms with Gasteiger partial charge in [0.25, 0.3) is 0 Å². The number of likely N-dealkylation sites (N-methyl/N-ethyl adjacent to an activating group) is 1. The highest BCUT2D eigenvalue weighted by Crippen LogP contribution is 2.39. The maximum absolute atomic E-state index is 13.1. The first-order valence-electron chi connectivity index (χ1n) is 10.0. The number of carbonyl (C=O) groups is 1. The predicted octanol–water partition coefficient (Wildman–Crippen LogP) is 3.93. The van der Waals surface area contributed by atoms with Gasteiger partial charge in [0.15, 0.2) is 0 Å². The highest BCUT2D eigenvalue weighted by Gasteiger charge is 2.46. The number of para-hydroxylation sites is 1. The number of hydrogen-bond donors (Lipinski definition) is 2. The first-order valence-corrected chi connectivity index (χ1v) is 11.5. The molecule has 1 heterocycles. The molecule has 2 atom stereocenters. The lowest BCUT2D eigenvalue weighted by Gasteiger charge is -2.37. The molecule has 0 saturated carbocycles. The zero-order valence-corrected chi connectivity index (χ0v) is 18.1. The number of carbonyl (C=O) groups excluding carboxylic acids is 1. The van der Waals surface area contributed by atoms with E-state index in [4.69, 9.17) is 0 Å². The van der Waals surface area contributed by atoms with E-state index in [2.05, 4.69) is 5.32 Å². The van der Waals surface area contributed by atoms with Crippen LogP contribution in [0, 0.1) is 0 Å². The minimum atomic E-state index is -3.91. The molecule has 30 heavy (non-hydrogen) atoms. The molecule has 1 amide bonds. The van der Waals surface area contributed by atoms with Crippen molar-refractivity contribution in [2.75, 3.05) is 11.9 Å². The number of benzene rings is 3. The van der Waals surface area contributed by atoms with Crippen molar-refractivity contribution in [2.45, 2.75) is 37.8 Å². The summed E-state index contributed by atoms with van der Waals surface area (Å²) in [5, 5.41) is 15.2. The van der Waals surface area contributed by atoms with E-state index >= 15 is 0 Å². The van der Waals surface area contributed by atoms with Crippen molar-refractivity contribution in [1.82, 2.24) is 4.31 Å². The van der Waals surface area contributed by atoms with Gasteiger partial charge in [-0.15, -0.1) is 0 Å². The number of fused-ring (bicyclic) bond motifs is 2. The monoisotopic (exact) mass is 426 g/mol. The minimum Gasteiger partial charge on any atom is -0.376 e. The molecule has 2 N–H and O–H groups in total. The van der Waals surface area contributed by atoms with Crippen LogP contribution in [0.3, 0.4) is 0 Å². The Labute approximate surface area is 177 Å². The van der Waals surface area contributed by atoms with Crippen molar-refractivity contribution in [1.29, 1.82) is 0 Å². The van der Waals surface area contributed by atoms with E-state index < -0.39 is 28.1 Å². The van der Waals surface area contributed by atoms with Crippen LogP contribution in [0.2, 0.25) is 0 Å². The van der Waals surface area contributed by atoms with Crippen molar-refractivity contribution in [3.63, 3.8) is 0 Å². The van der Waals surface area contributed by atoms with Crippen LogP contribution in [0.25, 0.3) is 10.8 Å². The fourth-order valence-electron chi connectivity index (χ4n) is 3.67. The second kappa shape index (κ2) is 8.95. The number of nitrogens with one attached hydrogen (secondary N) is 1. The van der Waals surface area contributed by atoms with Gasteiger partial charge in [-0.1, -0.05) is 63.2 Å². The molecule has 3 aromatic rings. The maximum atomic E-state index is 13.1. The van der Waals surface area contributed by atoms with Crippen molar-refractivity contribution in [3.8, 4) is 0 Å². The number of anilines is 1. The molecule has 3 aromatic carbocycles. The van der Waals surface area contributed by atoms with Crippen molar-refractivity contribution in [3.05, 3.63) is 72.3 Å². The number of nitrogens with zero attached hydrogens (tertiary/aromatic N) is 1. The van der Waals surface area contributed by atoms with Gasteiger partial charge in [0, 0.05) is 12.2 Å². The summed E-state index contributed by atoms with van der Waals surface area (Å²) in [5.74, 6) is -1.49. The predicted molar refractivity (Wildman–Crippen MR) is 119 cm³/mol. The van der Waals surface area contributed by atoms with Crippen LogP contribution < -0.4 is 5.32 Å². The summed E-state index contributed by atoms with van der Waals surface area (Å²) in [4.78, 5) is 13.1. The van der Waals surface area contributed by atoms with E-state index in [0.29, 0.717) is 11.3 Å². The van der Waals surface area contributed by atoms with Crippen LogP contribution in [0.4, 0.5) is 5.69 Å². The van der Waals surface area contributed by atoms with Gasteiger partial charge in [-0.25, -0.2) is 8.42 Å². The Kier molecular flexibility index (Phi) is 6.55. The van der Waals surface area contributed by atoms with Crippen molar-refractivity contribution in [2.24, 2.45) is 0 Å². The SMILES string of the molecule is CC.CCN1C(O)C(C(=O)Nc2ccccc2)c2cc3ccccc3cc2S1(=O)=O. The minimum absolute atomic E-state index is 0.0604. The Hall–Kier alpha value is -2.74. The van der Waals surface area contributed by atoms with Gasteiger partial charge < -0.3 is 10.4 Å². The molecule has 7 heteroatoms. The first-order chi connectivity index (χ1) is 14.4. The molecule has 0 spiro atoms. The molecule has 0 saturated heterocycles. The van der Waals surface area contributed by atoms with Crippen LogP contribution in [-0.4, -0.2) is 36.5 Å². The highest BCUT2D eigenvalue weighted by atomic mass is 32.2. The molecule has 1 aliphatic rings. The van der Waals surface area contributed by atoms with Crippen LogP contribution in [-0.2, 0) is 14.8 Å². The standard InChI is InChI=1S/C21H20N2O4S.C2H6/c1-2-23-21(25)19(20(24)22-16-10-4-3-5-11-16)17-12-14-8-6-7-9-15(14)13-18(17)28(23,26)27;1-2/h3-13,19,21,25H,2H2,1H3,(H,22,24);1-2H3. The first kappa shape index (κ1) is 22.0. The number of rotatable bonds is 3. The van der Waals surface area contributed by atoms with Gasteiger partial charge >= 0.3 is 0 Å². The largest absolute Gasteiger partial charge is 0.376 e. The molecule has 0 bridgehead atoms. The van der Waals surface area contributed by atoms with E-state index in [0.717, 1.165) is 15.1 Å². The third-order valence-corrected chi connectivity index (χ3v) is 7.03. The van der Waals surface area contributed by atoms with E-state index in [-0.39, 0.29) is 11.4 Å². The third kappa shape index (κ3) is 3.84. The zero-order chi connectivity index (χ0) is 21.9. The summed E-state index contributed by atoms with van der Waals surface area (Å²) in [6, 6.07) is 19.5. The van der Waals surface area contributed by atoms with E-state index in [1.807, 2.05) is 44.2 Å². The molecule has 2 unspecified atom stereocenters. The fourth-order valence-corrected chi connectivity index (χ4v) is 5.43. The summed E-state index contributed by atoms with van der Waals surface area (Å²) in [7, 11) is -3.91. The molecule has 4 rings (SSSR count). The van der Waals surface area contributed by atoms with Crippen LogP contribution in [0.5, 0.6) is 0 Å². The van der Waals surface area contributed by atoms with Crippen molar-refractivity contribution >= 4 is 32.4 Å². The zero-order valence-electron chi connectivity index (χ0n) is 17.2. The maximum Gasteiger partial charge on any atom is 0.245 e. The summed E-state index contributed by atoms with van der Waals surface area (Å²) in [6.45, 7) is 5.70. The number of sulfonamides is 1. The molecule has 0 radical (unpaired) electrons. The molecular formula is C23H26N2O4S. The highest BCUT2D eigenvalue weighted by molar-refractivity contribution is 7.89. The third-order valence-electron chi connectivity index (χ3n) is 5.03. The van der Waals surface area contributed by atoms with Crippen LogP contribution in [0.1, 0.15) is 32.3 Å². The Morgan fingerprint density at radius 3 is 2.17 bits per heavy atom. The Balaban J connectivity index is 0.00000124. The average molecular weight is 427 g/mol. The van der Waals surface area contributed by atoms with E-state index in [9.17, 15) is 18.3 Å². The normalized spacial score (nSPS) is 20.0. The molecular weight excluding hydrogens is 400 g/mol.